The van der Waals surface area contributed by atoms with Crippen molar-refractivity contribution in [1.29, 1.82) is 0 Å². The zero-order valence-electron chi connectivity index (χ0n) is 13.4. The Bertz CT molecular complexity index is 645. The number of nitrogens with zero attached hydrogens (tertiary/aromatic N) is 3. The number of hydrogen-bond acceptors (Lipinski definition) is 4. The highest BCUT2D eigenvalue weighted by molar-refractivity contribution is 5.93. The highest BCUT2D eigenvalue weighted by Crippen LogP contribution is 2.09. The Labute approximate surface area is 135 Å². The molecule has 5 nitrogen and oxygen atoms in total. The first-order valence-electron chi connectivity index (χ1n) is 7.66. The lowest BCUT2D eigenvalue weighted by Crippen LogP contribution is -2.28. The van der Waals surface area contributed by atoms with E-state index < -0.39 is 0 Å². The molecule has 0 aliphatic carbocycles. The van der Waals surface area contributed by atoms with Crippen LogP contribution >= 0.6 is 0 Å². The van der Waals surface area contributed by atoms with Crippen LogP contribution in [0.4, 0.5) is 10.3 Å². The van der Waals surface area contributed by atoms with Crippen LogP contribution in [0.25, 0.3) is 0 Å². The van der Waals surface area contributed by atoms with Gasteiger partial charge in [-0.2, -0.15) is 0 Å². The maximum Gasteiger partial charge on any atom is 0.256 e. The molecule has 1 heterocycles. The zero-order valence-corrected chi connectivity index (χ0v) is 13.4. The Morgan fingerprint density at radius 3 is 2.61 bits per heavy atom. The molecule has 0 atom stereocenters. The van der Waals surface area contributed by atoms with Crippen molar-refractivity contribution in [3.8, 4) is 0 Å². The Morgan fingerprint density at radius 2 is 1.96 bits per heavy atom. The van der Waals surface area contributed by atoms with Crippen LogP contribution in [0.5, 0.6) is 0 Å². The van der Waals surface area contributed by atoms with Crippen molar-refractivity contribution in [1.82, 2.24) is 14.9 Å². The van der Waals surface area contributed by atoms with Gasteiger partial charge in [0.1, 0.15) is 5.82 Å². The summed E-state index contributed by atoms with van der Waals surface area (Å²) in [4.78, 5) is 22.1. The van der Waals surface area contributed by atoms with Crippen LogP contribution in [-0.4, -0.2) is 34.4 Å². The molecule has 0 aliphatic rings. The minimum absolute atomic E-state index is 0.0981. The number of anilines is 1. The SMILES string of the molecule is CCCCN(C)C(=O)c1cnc(NCc2ccccc2F)nc1. The molecule has 0 saturated heterocycles. The molecule has 0 saturated carbocycles. The molecule has 0 spiro atoms. The minimum atomic E-state index is -0.274. The molecule has 23 heavy (non-hydrogen) atoms. The van der Waals surface area contributed by atoms with Gasteiger partial charge in [0.15, 0.2) is 0 Å². The molecule has 122 valence electrons. The molecule has 0 aliphatic heterocycles. The van der Waals surface area contributed by atoms with Crippen molar-refractivity contribution in [3.63, 3.8) is 0 Å². The fraction of sp³-hybridized carbons (Fsp3) is 0.353. The van der Waals surface area contributed by atoms with Gasteiger partial charge < -0.3 is 10.2 Å². The van der Waals surface area contributed by atoms with Gasteiger partial charge in [0.2, 0.25) is 5.95 Å². The van der Waals surface area contributed by atoms with E-state index in [9.17, 15) is 9.18 Å². The molecule has 1 N–H and O–H groups in total. The summed E-state index contributed by atoms with van der Waals surface area (Å²) < 4.78 is 13.5. The van der Waals surface area contributed by atoms with Gasteiger partial charge in [-0.15, -0.1) is 0 Å². The van der Waals surface area contributed by atoms with Crippen LogP contribution in [0.1, 0.15) is 35.7 Å². The molecule has 1 aromatic carbocycles. The molecule has 1 aromatic heterocycles. The van der Waals surface area contributed by atoms with Crippen molar-refractivity contribution < 1.29 is 9.18 Å². The van der Waals surface area contributed by atoms with E-state index >= 15 is 0 Å². The number of unbranched alkanes of at least 4 members (excludes halogenated alkanes) is 1. The molecule has 0 fully saturated rings. The number of benzene rings is 1. The van der Waals surface area contributed by atoms with E-state index in [0.29, 0.717) is 23.6 Å². The Balaban J connectivity index is 1.94. The highest BCUT2D eigenvalue weighted by Gasteiger charge is 2.12. The number of rotatable bonds is 7. The quantitative estimate of drug-likeness (QED) is 0.853. The van der Waals surface area contributed by atoms with Crippen LogP contribution < -0.4 is 5.32 Å². The predicted octanol–water partition coefficient (Wildman–Crippen LogP) is 3.10. The molecule has 0 radical (unpaired) electrons. The number of carbonyl (C=O) groups excluding carboxylic acids is 1. The summed E-state index contributed by atoms with van der Waals surface area (Å²) in [6.45, 7) is 3.08. The first-order valence-corrected chi connectivity index (χ1v) is 7.66. The van der Waals surface area contributed by atoms with Gasteiger partial charge >= 0.3 is 0 Å². The van der Waals surface area contributed by atoms with E-state index in [4.69, 9.17) is 0 Å². The van der Waals surface area contributed by atoms with Crippen LogP contribution in [0, 0.1) is 5.82 Å². The number of nitrogens with one attached hydrogen (secondary N) is 1. The number of halogens is 1. The summed E-state index contributed by atoms with van der Waals surface area (Å²) in [6.07, 6.45) is 4.97. The predicted molar refractivity (Wildman–Crippen MR) is 87.6 cm³/mol. The minimum Gasteiger partial charge on any atom is -0.350 e. The summed E-state index contributed by atoms with van der Waals surface area (Å²) >= 11 is 0. The lowest BCUT2D eigenvalue weighted by atomic mass is 10.2. The Kier molecular flexibility index (Phi) is 6.02. The summed E-state index contributed by atoms with van der Waals surface area (Å²) in [7, 11) is 1.77. The van der Waals surface area contributed by atoms with Gasteiger partial charge in [-0.25, -0.2) is 14.4 Å². The monoisotopic (exact) mass is 316 g/mol. The third-order valence-corrected chi connectivity index (χ3v) is 3.49. The third-order valence-electron chi connectivity index (χ3n) is 3.49. The standard InChI is InChI=1S/C17H21FN4O/c1-3-4-9-22(2)16(23)14-11-20-17(21-12-14)19-10-13-7-5-6-8-15(13)18/h5-8,11-12H,3-4,9-10H2,1-2H3,(H,19,20,21). The van der Waals surface area contributed by atoms with Crippen LogP contribution in [0.15, 0.2) is 36.7 Å². The first kappa shape index (κ1) is 16.9. The number of amides is 1. The first-order chi connectivity index (χ1) is 11.1. The van der Waals surface area contributed by atoms with Gasteiger partial charge in [0.25, 0.3) is 5.91 Å². The smallest absolute Gasteiger partial charge is 0.256 e. The second kappa shape index (κ2) is 8.22. The van der Waals surface area contributed by atoms with E-state index in [1.165, 1.54) is 18.5 Å². The highest BCUT2D eigenvalue weighted by atomic mass is 19.1. The molecular formula is C17H21FN4O. The summed E-state index contributed by atoms with van der Waals surface area (Å²) in [5.74, 6) is -0.00975. The fourth-order valence-corrected chi connectivity index (χ4v) is 2.06. The molecule has 0 unspecified atom stereocenters. The average molecular weight is 316 g/mol. The molecular weight excluding hydrogens is 295 g/mol. The van der Waals surface area contributed by atoms with Crippen molar-refractivity contribution >= 4 is 11.9 Å². The Hall–Kier alpha value is -2.50. The zero-order chi connectivity index (χ0) is 16.7. The van der Waals surface area contributed by atoms with Crippen molar-refractivity contribution in [3.05, 3.63) is 53.6 Å². The summed E-state index contributed by atoms with van der Waals surface area (Å²) in [6, 6.07) is 6.52. The van der Waals surface area contributed by atoms with Crippen LogP contribution in [0.3, 0.4) is 0 Å². The van der Waals surface area contributed by atoms with Gasteiger partial charge in [-0.05, 0) is 12.5 Å². The number of hydrogen-bond donors (Lipinski definition) is 1. The fourth-order valence-electron chi connectivity index (χ4n) is 2.06. The number of carbonyl (C=O) groups is 1. The number of aromatic nitrogens is 2. The van der Waals surface area contributed by atoms with E-state index in [1.807, 2.05) is 0 Å². The molecule has 6 heteroatoms. The van der Waals surface area contributed by atoms with Crippen molar-refractivity contribution in [2.75, 3.05) is 18.9 Å². The van der Waals surface area contributed by atoms with Gasteiger partial charge in [0, 0.05) is 38.1 Å². The van der Waals surface area contributed by atoms with Gasteiger partial charge in [0.05, 0.1) is 5.56 Å². The van der Waals surface area contributed by atoms with Gasteiger partial charge in [-0.3, -0.25) is 4.79 Å². The van der Waals surface area contributed by atoms with E-state index in [1.54, 1.807) is 30.1 Å². The van der Waals surface area contributed by atoms with Crippen LogP contribution in [-0.2, 0) is 6.54 Å². The maximum absolute atomic E-state index is 13.5. The van der Waals surface area contributed by atoms with E-state index in [2.05, 4.69) is 22.2 Å². The second-order valence-electron chi connectivity index (χ2n) is 5.32. The normalized spacial score (nSPS) is 10.4. The molecule has 2 aromatic rings. The molecule has 1 amide bonds. The summed E-state index contributed by atoms with van der Waals surface area (Å²) in [5, 5.41) is 2.94. The molecule has 2 rings (SSSR count). The maximum atomic E-state index is 13.5. The lowest BCUT2D eigenvalue weighted by molar-refractivity contribution is 0.0792. The largest absolute Gasteiger partial charge is 0.350 e. The third kappa shape index (κ3) is 4.74. The average Bonchev–Trinajstić information content (AvgIpc) is 2.59. The summed E-state index contributed by atoms with van der Waals surface area (Å²) in [5.41, 5.74) is 0.982. The Morgan fingerprint density at radius 1 is 1.26 bits per heavy atom. The van der Waals surface area contributed by atoms with E-state index in [0.717, 1.165) is 12.8 Å². The van der Waals surface area contributed by atoms with Crippen LogP contribution in [0.2, 0.25) is 0 Å². The van der Waals surface area contributed by atoms with Crippen molar-refractivity contribution in [2.24, 2.45) is 0 Å². The second-order valence-corrected chi connectivity index (χ2v) is 5.32. The molecule has 0 bridgehead atoms. The van der Waals surface area contributed by atoms with E-state index in [-0.39, 0.29) is 18.3 Å². The topological polar surface area (TPSA) is 58.1 Å². The van der Waals surface area contributed by atoms with Gasteiger partial charge in [-0.1, -0.05) is 31.5 Å². The lowest BCUT2D eigenvalue weighted by Gasteiger charge is -2.16. The van der Waals surface area contributed by atoms with Crippen molar-refractivity contribution in [2.45, 2.75) is 26.3 Å².